The van der Waals surface area contributed by atoms with Crippen LogP contribution in [0.3, 0.4) is 0 Å². The van der Waals surface area contributed by atoms with Gasteiger partial charge in [-0.2, -0.15) is 0 Å². The van der Waals surface area contributed by atoms with Crippen molar-refractivity contribution in [1.82, 2.24) is 0 Å². The summed E-state index contributed by atoms with van der Waals surface area (Å²) < 4.78 is 5.22. The van der Waals surface area contributed by atoms with Crippen LogP contribution in [-0.2, 0) is 4.79 Å². The lowest BCUT2D eigenvalue weighted by Crippen LogP contribution is -2.21. The van der Waals surface area contributed by atoms with Crippen LogP contribution in [0.2, 0.25) is 0 Å². The number of ketones is 1. The first-order valence-corrected chi connectivity index (χ1v) is 7.90. The maximum Gasteiger partial charge on any atom is 0.328 e. The monoisotopic (exact) mass is 365 g/mol. The number of carboxylic acid groups (broad SMARTS) is 1. The quantitative estimate of drug-likeness (QED) is 0.299. The van der Waals surface area contributed by atoms with Crippen molar-refractivity contribution in [1.29, 1.82) is 0 Å². The van der Waals surface area contributed by atoms with Crippen molar-refractivity contribution in [2.24, 2.45) is 16.5 Å². The highest BCUT2D eigenvalue weighted by atomic mass is 16.5. The molecule has 7 heteroatoms. The molecule has 0 saturated heterocycles. The second kappa shape index (κ2) is 9.00. The number of carboxylic acids is 1. The molecule has 0 heterocycles. The molecule has 27 heavy (non-hydrogen) atoms. The van der Waals surface area contributed by atoms with Crippen LogP contribution < -0.4 is 16.2 Å². The van der Waals surface area contributed by atoms with Gasteiger partial charge in [0.2, 0.25) is 0 Å². The maximum atomic E-state index is 12.6. The second-order valence-electron chi connectivity index (χ2n) is 5.46. The van der Waals surface area contributed by atoms with Crippen molar-refractivity contribution in [3.05, 3.63) is 71.3 Å². The van der Waals surface area contributed by atoms with Gasteiger partial charge < -0.3 is 21.3 Å². The van der Waals surface area contributed by atoms with E-state index in [0.717, 1.165) is 11.6 Å². The fraction of sp³-hybridized carbons (Fsp3) is 0.0500. The molecule has 5 N–H and O–H groups in total. The van der Waals surface area contributed by atoms with Gasteiger partial charge in [-0.25, -0.2) is 9.79 Å². The smallest absolute Gasteiger partial charge is 0.328 e. The minimum Gasteiger partial charge on any atom is -0.496 e. The average Bonchev–Trinajstić information content (AvgIpc) is 2.64. The molecule has 0 spiro atoms. The predicted octanol–water partition coefficient (Wildman–Crippen LogP) is 2.59. The van der Waals surface area contributed by atoms with Gasteiger partial charge in [-0.05, 0) is 47.5 Å². The van der Waals surface area contributed by atoms with Crippen LogP contribution >= 0.6 is 0 Å². The Balaban J connectivity index is 2.29. The Morgan fingerprint density at radius 2 is 1.74 bits per heavy atom. The van der Waals surface area contributed by atoms with E-state index in [1.54, 1.807) is 48.5 Å². The maximum absolute atomic E-state index is 12.6. The van der Waals surface area contributed by atoms with Gasteiger partial charge in [0.25, 0.3) is 0 Å². The lowest BCUT2D eigenvalue weighted by atomic mass is 10.0. The van der Waals surface area contributed by atoms with E-state index in [4.69, 9.17) is 21.3 Å². The number of benzene rings is 2. The van der Waals surface area contributed by atoms with Gasteiger partial charge >= 0.3 is 5.97 Å². The van der Waals surface area contributed by atoms with E-state index in [1.165, 1.54) is 19.3 Å². The molecule has 0 aromatic heterocycles. The number of nitrogens with two attached hydrogens (primary N) is 2. The molecule has 138 valence electrons. The van der Waals surface area contributed by atoms with E-state index in [-0.39, 0.29) is 11.7 Å². The molecule has 7 nitrogen and oxygen atoms in total. The molecular formula is C20H19N3O4. The predicted molar refractivity (Wildman–Crippen MR) is 105 cm³/mol. The Labute approximate surface area is 156 Å². The molecule has 2 aromatic carbocycles. The van der Waals surface area contributed by atoms with Gasteiger partial charge in [-0.3, -0.25) is 4.79 Å². The van der Waals surface area contributed by atoms with Crippen molar-refractivity contribution in [2.75, 3.05) is 7.11 Å². The fourth-order valence-electron chi connectivity index (χ4n) is 2.30. The zero-order valence-electron chi connectivity index (χ0n) is 14.6. The summed E-state index contributed by atoms with van der Waals surface area (Å²) in [6, 6.07) is 11.9. The third-order valence-corrected chi connectivity index (χ3v) is 3.46. The summed E-state index contributed by atoms with van der Waals surface area (Å²) in [5.74, 6) is -1.02. The van der Waals surface area contributed by atoms with E-state index < -0.39 is 5.97 Å². The minimum absolute atomic E-state index is 0.0526. The largest absolute Gasteiger partial charge is 0.496 e. The molecule has 2 aromatic rings. The lowest BCUT2D eigenvalue weighted by molar-refractivity contribution is -0.131. The summed E-state index contributed by atoms with van der Waals surface area (Å²) in [7, 11) is 1.46. The zero-order valence-corrected chi connectivity index (χ0v) is 14.6. The van der Waals surface area contributed by atoms with E-state index in [9.17, 15) is 9.59 Å². The molecule has 0 amide bonds. The highest BCUT2D eigenvalue weighted by molar-refractivity contribution is 6.09. The van der Waals surface area contributed by atoms with Crippen LogP contribution in [0.15, 0.2) is 59.6 Å². The lowest BCUT2D eigenvalue weighted by Gasteiger charge is -2.07. The average molecular weight is 365 g/mol. The number of guanidine groups is 1. The van der Waals surface area contributed by atoms with E-state index in [0.29, 0.717) is 22.6 Å². The Morgan fingerprint density at radius 3 is 2.41 bits per heavy atom. The number of carbonyl (C=O) groups is 2. The summed E-state index contributed by atoms with van der Waals surface area (Å²) >= 11 is 0. The summed E-state index contributed by atoms with van der Waals surface area (Å²) in [6.45, 7) is 0. The number of aliphatic imine (C=N–C) groups is 1. The van der Waals surface area contributed by atoms with Crippen LogP contribution in [-0.4, -0.2) is 29.9 Å². The molecule has 0 aliphatic carbocycles. The molecule has 2 rings (SSSR count). The SMILES string of the molecule is COc1ccc(/C=C/C(=O)O)cc1C(=O)/C=C/c1cccc(N=C(N)N)c1. The number of allylic oxidation sites excluding steroid dienone is 1. The van der Waals surface area contributed by atoms with Gasteiger partial charge in [0.15, 0.2) is 11.7 Å². The van der Waals surface area contributed by atoms with Gasteiger partial charge in [-0.1, -0.05) is 24.3 Å². The van der Waals surface area contributed by atoms with Crippen molar-refractivity contribution in [3.8, 4) is 5.75 Å². The number of methoxy groups -OCH3 is 1. The van der Waals surface area contributed by atoms with Crippen LogP contribution in [0.4, 0.5) is 5.69 Å². The normalized spacial score (nSPS) is 10.9. The molecule has 0 aliphatic rings. The van der Waals surface area contributed by atoms with Crippen molar-refractivity contribution in [2.45, 2.75) is 0 Å². The van der Waals surface area contributed by atoms with Crippen molar-refractivity contribution in [3.63, 3.8) is 0 Å². The van der Waals surface area contributed by atoms with Crippen molar-refractivity contribution < 1.29 is 19.4 Å². The molecule has 0 atom stereocenters. The molecular weight excluding hydrogens is 346 g/mol. The fourth-order valence-corrected chi connectivity index (χ4v) is 2.30. The molecule has 0 saturated carbocycles. The van der Waals surface area contributed by atoms with Gasteiger partial charge in [0.1, 0.15) is 5.75 Å². The summed E-state index contributed by atoms with van der Waals surface area (Å²) in [5.41, 5.74) is 12.9. The first-order chi connectivity index (χ1) is 12.9. The van der Waals surface area contributed by atoms with Crippen LogP contribution in [0, 0.1) is 0 Å². The second-order valence-corrected chi connectivity index (χ2v) is 5.46. The standard InChI is InChI=1S/C20H19N3O4/c1-27-18-9-6-14(7-10-19(25)26)12-16(18)17(24)8-5-13-3-2-4-15(11-13)23-20(21)22/h2-12H,1H3,(H,25,26)(H4,21,22,23)/b8-5+,10-7+. The first-order valence-electron chi connectivity index (χ1n) is 7.90. The Bertz CT molecular complexity index is 942. The molecule has 0 aliphatic heterocycles. The van der Waals surface area contributed by atoms with Gasteiger partial charge in [0, 0.05) is 6.08 Å². The van der Waals surface area contributed by atoms with E-state index >= 15 is 0 Å². The number of hydrogen-bond acceptors (Lipinski definition) is 4. The third kappa shape index (κ3) is 5.86. The molecule has 0 fully saturated rings. The van der Waals surface area contributed by atoms with Crippen LogP contribution in [0.25, 0.3) is 12.2 Å². The number of hydrogen-bond donors (Lipinski definition) is 3. The van der Waals surface area contributed by atoms with Crippen LogP contribution in [0.5, 0.6) is 5.75 Å². The highest BCUT2D eigenvalue weighted by Crippen LogP contribution is 2.22. The highest BCUT2D eigenvalue weighted by Gasteiger charge is 2.10. The number of nitrogens with zero attached hydrogens (tertiary/aromatic N) is 1. The van der Waals surface area contributed by atoms with Crippen molar-refractivity contribution >= 4 is 35.6 Å². The van der Waals surface area contributed by atoms with Gasteiger partial charge in [-0.15, -0.1) is 0 Å². The first kappa shape index (κ1) is 19.5. The number of rotatable bonds is 7. The molecule has 0 unspecified atom stereocenters. The Kier molecular flexibility index (Phi) is 6.49. The summed E-state index contributed by atoms with van der Waals surface area (Å²) in [5, 5.41) is 8.73. The number of ether oxygens (including phenoxy) is 1. The molecule has 0 radical (unpaired) electrons. The topological polar surface area (TPSA) is 128 Å². The summed E-state index contributed by atoms with van der Waals surface area (Å²) in [4.78, 5) is 27.2. The molecule has 0 bridgehead atoms. The number of carbonyl (C=O) groups excluding carboxylic acids is 1. The minimum atomic E-state index is -1.07. The number of aliphatic carboxylic acids is 1. The summed E-state index contributed by atoms with van der Waals surface area (Å²) in [6.07, 6.45) is 5.44. The van der Waals surface area contributed by atoms with Crippen LogP contribution in [0.1, 0.15) is 21.5 Å². The Hall–Kier alpha value is -3.87. The zero-order chi connectivity index (χ0) is 19.8. The van der Waals surface area contributed by atoms with E-state index in [2.05, 4.69) is 4.99 Å². The van der Waals surface area contributed by atoms with Gasteiger partial charge in [0.05, 0.1) is 18.4 Å². The van der Waals surface area contributed by atoms with E-state index in [1.807, 2.05) is 0 Å². The third-order valence-electron chi connectivity index (χ3n) is 3.46. The Morgan fingerprint density at radius 1 is 1.04 bits per heavy atom.